The van der Waals surface area contributed by atoms with Gasteiger partial charge in [-0.25, -0.2) is 0 Å². The standard InChI is InChI=1S/C16H26N2/c1-3-16(4-2,12-17)13-18-11-7-9-14-8-5-6-10-15(14)18/h5-6,8,10H,3-4,7,9,11-13,17H2,1-2H3. The zero-order valence-electron chi connectivity index (χ0n) is 11.8. The molecule has 0 unspecified atom stereocenters. The third-order valence-electron chi connectivity index (χ3n) is 4.67. The van der Waals surface area contributed by atoms with E-state index in [1.165, 1.54) is 43.5 Å². The van der Waals surface area contributed by atoms with Crippen molar-refractivity contribution in [2.45, 2.75) is 39.5 Å². The summed E-state index contributed by atoms with van der Waals surface area (Å²) in [5.74, 6) is 0. The van der Waals surface area contributed by atoms with E-state index in [0.717, 1.165) is 13.1 Å². The van der Waals surface area contributed by atoms with Crippen LogP contribution in [-0.4, -0.2) is 19.6 Å². The van der Waals surface area contributed by atoms with Gasteiger partial charge in [-0.15, -0.1) is 0 Å². The van der Waals surface area contributed by atoms with Gasteiger partial charge in [-0.3, -0.25) is 0 Å². The highest BCUT2D eigenvalue weighted by molar-refractivity contribution is 5.55. The number of benzene rings is 1. The Bertz CT molecular complexity index is 374. The van der Waals surface area contributed by atoms with Gasteiger partial charge in [0.15, 0.2) is 0 Å². The second kappa shape index (κ2) is 5.75. The molecule has 1 aromatic carbocycles. The largest absolute Gasteiger partial charge is 0.371 e. The first-order chi connectivity index (χ1) is 8.74. The Morgan fingerprint density at radius 2 is 1.94 bits per heavy atom. The summed E-state index contributed by atoms with van der Waals surface area (Å²) in [6.45, 7) is 7.61. The molecule has 0 radical (unpaired) electrons. The molecule has 0 saturated heterocycles. The molecule has 0 fully saturated rings. The summed E-state index contributed by atoms with van der Waals surface area (Å²) in [5, 5.41) is 0. The van der Waals surface area contributed by atoms with Crippen LogP contribution >= 0.6 is 0 Å². The van der Waals surface area contributed by atoms with Crippen LogP contribution in [0.1, 0.15) is 38.7 Å². The molecule has 0 aromatic heterocycles. The van der Waals surface area contributed by atoms with Gasteiger partial charge in [0, 0.05) is 18.8 Å². The minimum absolute atomic E-state index is 0.282. The molecule has 1 aliphatic heterocycles. The molecule has 0 amide bonds. The predicted molar refractivity (Wildman–Crippen MR) is 79.0 cm³/mol. The van der Waals surface area contributed by atoms with Crippen LogP contribution in [0.5, 0.6) is 0 Å². The third-order valence-corrected chi connectivity index (χ3v) is 4.67. The van der Waals surface area contributed by atoms with E-state index >= 15 is 0 Å². The van der Waals surface area contributed by atoms with E-state index in [9.17, 15) is 0 Å². The summed E-state index contributed by atoms with van der Waals surface area (Å²) in [6.07, 6.45) is 4.82. The lowest BCUT2D eigenvalue weighted by Gasteiger charge is -2.40. The number of aryl methyl sites for hydroxylation is 1. The van der Waals surface area contributed by atoms with Crippen LogP contribution in [0.25, 0.3) is 0 Å². The van der Waals surface area contributed by atoms with Crippen LogP contribution < -0.4 is 10.6 Å². The van der Waals surface area contributed by atoms with Crippen LogP contribution in [-0.2, 0) is 6.42 Å². The summed E-state index contributed by atoms with van der Waals surface area (Å²) in [4.78, 5) is 2.55. The van der Waals surface area contributed by atoms with Gasteiger partial charge in [-0.05, 0) is 49.3 Å². The number of hydrogen-bond acceptors (Lipinski definition) is 2. The Morgan fingerprint density at radius 3 is 2.61 bits per heavy atom. The third kappa shape index (κ3) is 2.54. The molecule has 0 spiro atoms. The Kier molecular flexibility index (Phi) is 4.28. The molecule has 1 aliphatic rings. The molecule has 2 heteroatoms. The molecular weight excluding hydrogens is 220 g/mol. The summed E-state index contributed by atoms with van der Waals surface area (Å²) in [6, 6.07) is 8.84. The van der Waals surface area contributed by atoms with Crippen molar-refractivity contribution in [2.24, 2.45) is 11.1 Å². The summed E-state index contributed by atoms with van der Waals surface area (Å²) in [5.41, 5.74) is 9.26. The number of rotatable bonds is 5. The number of nitrogens with zero attached hydrogens (tertiary/aromatic N) is 1. The molecular formula is C16H26N2. The summed E-state index contributed by atoms with van der Waals surface area (Å²) in [7, 11) is 0. The number of fused-ring (bicyclic) bond motifs is 1. The molecule has 0 atom stereocenters. The van der Waals surface area contributed by atoms with Gasteiger partial charge in [0.1, 0.15) is 0 Å². The first-order valence-corrected chi connectivity index (χ1v) is 7.27. The van der Waals surface area contributed by atoms with E-state index in [0.29, 0.717) is 0 Å². The summed E-state index contributed by atoms with van der Waals surface area (Å²) < 4.78 is 0. The van der Waals surface area contributed by atoms with Crippen LogP contribution in [0.3, 0.4) is 0 Å². The molecule has 100 valence electrons. The highest BCUT2D eigenvalue weighted by Crippen LogP contribution is 2.32. The normalized spacial score (nSPS) is 15.6. The minimum atomic E-state index is 0.282. The molecule has 0 bridgehead atoms. The fourth-order valence-corrected chi connectivity index (χ4v) is 3.01. The maximum atomic E-state index is 6.04. The van der Waals surface area contributed by atoms with Crippen molar-refractivity contribution in [3.8, 4) is 0 Å². The Balaban J connectivity index is 2.20. The fraction of sp³-hybridized carbons (Fsp3) is 0.625. The maximum absolute atomic E-state index is 6.04. The second-order valence-corrected chi connectivity index (χ2v) is 5.57. The van der Waals surface area contributed by atoms with Crippen molar-refractivity contribution < 1.29 is 0 Å². The molecule has 2 rings (SSSR count). The first kappa shape index (κ1) is 13.4. The first-order valence-electron chi connectivity index (χ1n) is 7.27. The summed E-state index contributed by atoms with van der Waals surface area (Å²) >= 11 is 0. The van der Waals surface area contributed by atoms with Crippen LogP contribution in [0.4, 0.5) is 5.69 Å². The van der Waals surface area contributed by atoms with Crippen molar-refractivity contribution in [1.29, 1.82) is 0 Å². The number of hydrogen-bond donors (Lipinski definition) is 1. The SMILES string of the molecule is CCC(CC)(CN)CN1CCCc2ccccc21. The molecule has 18 heavy (non-hydrogen) atoms. The lowest BCUT2D eigenvalue weighted by Crippen LogP contribution is -2.44. The van der Waals surface area contributed by atoms with E-state index in [1.807, 2.05) is 0 Å². The lowest BCUT2D eigenvalue weighted by molar-refractivity contribution is 0.275. The molecule has 1 heterocycles. The van der Waals surface area contributed by atoms with E-state index in [-0.39, 0.29) is 5.41 Å². The van der Waals surface area contributed by atoms with E-state index in [2.05, 4.69) is 43.0 Å². The van der Waals surface area contributed by atoms with Crippen molar-refractivity contribution in [3.63, 3.8) is 0 Å². The van der Waals surface area contributed by atoms with Gasteiger partial charge in [-0.2, -0.15) is 0 Å². The van der Waals surface area contributed by atoms with E-state index in [1.54, 1.807) is 0 Å². The molecule has 0 saturated carbocycles. The smallest absolute Gasteiger partial charge is 0.0398 e. The van der Waals surface area contributed by atoms with Gasteiger partial charge >= 0.3 is 0 Å². The van der Waals surface area contributed by atoms with Crippen molar-refractivity contribution in [1.82, 2.24) is 0 Å². The second-order valence-electron chi connectivity index (χ2n) is 5.57. The van der Waals surface area contributed by atoms with E-state index < -0.39 is 0 Å². The number of anilines is 1. The van der Waals surface area contributed by atoms with Gasteiger partial charge in [-0.1, -0.05) is 32.0 Å². The Labute approximate surface area is 111 Å². The van der Waals surface area contributed by atoms with E-state index in [4.69, 9.17) is 5.73 Å². The average Bonchev–Trinajstić information content (AvgIpc) is 2.45. The van der Waals surface area contributed by atoms with Gasteiger partial charge in [0.05, 0.1) is 0 Å². The Morgan fingerprint density at radius 1 is 1.22 bits per heavy atom. The molecule has 2 nitrogen and oxygen atoms in total. The number of para-hydroxylation sites is 1. The predicted octanol–water partition coefficient (Wildman–Crippen LogP) is 3.20. The van der Waals surface area contributed by atoms with Gasteiger partial charge in [0.2, 0.25) is 0 Å². The van der Waals surface area contributed by atoms with Crippen LogP contribution in [0, 0.1) is 5.41 Å². The van der Waals surface area contributed by atoms with Crippen LogP contribution in [0.15, 0.2) is 24.3 Å². The monoisotopic (exact) mass is 246 g/mol. The van der Waals surface area contributed by atoms with Crippen molar-refractivity contribution >= 4 is 5.69 Å². The van der Waals surface area contributed by atoms with Crippen molar-refractivity contribution in [2.75, 3.05) is 24.5 Å². The fourth-order valence-electron chi connectivity index (χ4n) is 3.01. The van der Waals surface area contributed by atoms with Gasteiger partial charge in [0.25, 0.3) is 0 Å². The molecule has 1 aromatic rings. The molecule has 0 aliphatic carbocycles. The lowest BCUT2D eigenvalue weighted by atomic mass is 9.81. The minimum Gasteiger partial charge on any atom is -0.371 e. The zero-order valence-corrected chi connectivity index (χ0v) is 11.8. The highest BCUT2D eigenvalue weighted by Gasteiger charge is 2.29. The molecule has 2 N–H and O–H groups in total. The van der Waals surface area contributed by atoms with Crippen LogP contribution in [0.2, 0.25) is 0 Å². The van der Waals surface area contributed by atoms with Gasteiger partial charge < -0.3 is 10.6 Å². The quantitative estimate of drug-likeness (QED) is 0.864. The highest BCUT2D eigenvalue weighted by atomic mass is 15.1. The average molecular weight is 246 g/mol. The van der Waals surface area contributed by atoms with Crippen molar-refractivity contribution in [3.05, 3.63) is 29.8 Å². The Hall–Kier alpha value is -1.02. The maximum Gasteiger partial charge on any atom is 0.0398 e. The zero-order chi connectivity index (χ0) is 13.0. The topological polar surface area (TPSA) is 29.3 Å². The number of nitrogens with two attached hydrogens (primary N) is 1.